The Morgan fingerprint density at radius 3 is 1.26 bits per heavy atom. The number of hydrogen-bond acceptors (Lipinski definition) is 2. The molecule has 4 heteroatoms. The Balaban J connectivity index is 2.77. The predicted molar refractivity (Wildman–Crippen MR) is 77.5 cm³/mol. The van der Waals surface area contributed by atoms with Gasteiger partial charge in [0, 0.05) is 0 Å². The first-order chi connectivity index (χ1) is 9.10. The van der Waals surface area contributed by atoms with E-state index in [2.05, 4.69) is 0 Å². The Bertz CT molecular complexity index is 535. The molecular weight excluding hydrogens is 236 g/mol. The van der Waals surface area contributed by atoms with Gasteiger partial charge in [-0.25, -0.2) is 0 Å². The molecular formula is C15H16N4. The minimum Gasteiger partial charge on any atom is -0.386 e. The van der Waals surface area contributed by atoms with Crippen LogP contribution in [0.2, 0.25) is 0 Å². The average Bonchev–Trinajstić information content (AvgIpc) is 2.41. The summed E-state index contributed by atoms with van der Waals surface area (Å²) in [5.41, 5.74) is 11.9. The van der Waals surface area contributed by atoms with Gasteiger partial charge >= 0.3 is 0 Å². The van der Waals surface area contributed by atoms with E-state index in [0.29, 0.717) is 0 Å². The van der Waals surface area contributed by atoms with Crippen LogP contribution in [0.25, 0.3) is 0 Å². The zero-order valence-electron chi connectivity index (χ0n) is 10.4. The van der Waals surface area contributed by atoms with E-state index in [1.54, 1.807) is 0 Å². The SMILES string of the molecule is N=C(N)C(C(=N)N)(c1ccccc1)c1ccccc1. The Kier molecular flexibility index (Phi) is 3.33. The molecule has 0 atom stereocenters. The average molecular weight is 252 g/mol. The second kappa shape index (κ2) is 4.94. The van der Waals surface area contributed by atoms with Crippen LogP contribution in [-0.2, 0) is 5.41 Å². The second-order valence-electron chi connectivity index (χ2n) is 4.31. The first kappa shape index (κ1) is 12.8. The summed E-state index contributed by atoms with van der Waals surface area (Å²) in [5, 5.41) is 15.9. The molecule has 0 saturated heterocycles. The molecule has 96 valence electrons. The molecule has 0 saturated carbocycles. The molecule has 0 aliphatic heterocycles. The Hall–Kier alpha value is -2.62. The maximum atomic E-state index is 7.96. The third kappa shape index (κ3) is 1.97. The van der Waals surface area contributed by atoms with Gasteiger partial charge in [-0.05, 0) is 11.1 Å². The van der Waals surface area contributed by atoms with Crippen molar-refractivity contribution in [2.45, 2.75) is 5.41 Å². The summed E-state index contributed by atoms with van der Waals surface area (Å²) in [4.78, 5) is 0. The highest BCUT2D eigenvalue weighted by Gasteiger charge is 2.41. The number of amidine groups is 2. The lowest BCUT2D eigenvalue weighted by molar-refractivity contribution is 0.878. The van der Waals surface area contributed by atoms with Crippen molar-refractivity contribution in [3.63, 3.8) is 0 Å². The van der Waals surface area contributed by atoms with Crippen LogP contribution in [-0.4, -0.2) is 11.7 Å². The third-order valence-corrected chi connectivity index (χ3v) is 3.22. The highest BCUT2D eigenvalue weighted by Crippen LogP contribution is 2.32. The van der Waals surface area contributed by atoms with Crippen LogP contribution in [0.3, 0.4) is 0 Å². The first-order valence-electron chi connectivity index (χ1n) is 5.90. The molecule has 2 rings (SSSR count). The van der Waals surface area contributed by atoms with Crippen LogP contribution in [0.1, 0.15) is 11.1 Å². The first-order valence-corrected chi connectivity index (χ1v) is 5.90. The molecule has 0 aromatic heterocycles. The highest BCUT2D eigenvalue weighted by molar-refractivity contribution is 6.15. The van der Waals surface area contributed by atoms with E-state index in [1.165, 1.54) is 0 Å². The molecule has 0 radical (unpaired) electrons. The normalized spacial score (nSPS) is 10.9. The van der Waals surface area contributed by atoms with Crippen molar-refractivity contribution in [2.75, 3.05) is 0 Å². The fraction of sp³-hybridized carbons (Fsp3) is 0.0667. The van der Waals surface area contributed by atoms with Crippen molar-refractivity contribution in [2.24, 2.45) is 11.5 Å². The van der Waals surface area contributed by atoms with Gasteiger partial charge < -0.3 is 11.5 Å². The van der Waals surface area contributed by atoms with Crippen LogP contribution < -0.4 is 11.5 Å². The van der Waals surface area contributed by atoms with Gasteiger partial charge in [0.2, 0.25) is 0 Å². The topological polar surface area (TPSA) is 99.7 Å². The summed E-state index contributed by atoms with van der Waals surface area (Å²) in [6, 6.07) is 18.5. The van der Waals surface area contributed by atoms with E-state index < -0.39 is 5.41 Å². The minimum atomic E-state index is -1.19. The van der Waals surface area contributed by atoms with Gasteiger partial charge in [-0.15, -0.1) is 0 Å². The lowest BCUT2D eigenvalue weighted by Gasteiger charge is -2.32. The molecule has 0 heterocycles. The largest absolute Gasteiger partial charge is 0.386 e. The van der Waals surface area contributed by atoms with E-state index in [9.17, 15) is 0 Å². The fourth-order valence-corrected chi connectivity index (χ4v) is 2.31. The maximum Gasteiger partial charge on any atom is 0.133 e. The predicted octanol–water partition coefficient (Wildman–Crippen LogP) is 1.84. The summed E-state index contributed by atoms with van der Waals surface area (Å²) < 4.78 is 0. The fourth-order valence-electron chi connectivity index (χ4n) is 2.31. The van der Waals surface area contributed by atoms with Gasteiger partial charge in [-0.3, -0.25) is 10.8 Å². The number of benzene rings is 2. The summed E-state index contributed by atoms with van der Waals surface area (Å²) >= 11 is 0. The Labute approximate surface area is 112 Å². The van der Waals surface area contributed by atoms with Crippen LogP contribution in [0.5, 0.6) is 0 Å². The minimum absolute atomic E-state index is 0.155. The monoisotopic (exact) mass is 252 g/mol. The summed E-state index contributed by atoms with van der Waals surface area (Å²) in [5.74, 6) is -0.310. The molecule has 6 N–H and O–H groups in total. The zero-order valence-corrected chi connectivity index (χ0v) is 10.4. The summed E-state index contributed by atoms with van der Waals surface area (Å²) in [7, 11) is 0. The third-order valence-electron chi connectivity index (χ3n) is 3.22. The number of nitrogens with one attached hydrogen (secondary N) is 2. The molecule has 0 aliphatic carbocycles. The molecule has 2 aromatic rings. The lowest BCUT2D eigenvalue weighted by Crippen LogP contribution is -2.51. The van der Waals surface area contributed by atoms with E-state index in [4.69, 9.17) is 22.3 Å². The van der Waals surface area contributed by atoms with Crippen LogP contribution in [0, 0.1) is 10.8 Å². The Morgan fingerprint density at radius 2 is 1.00 bits per heavy atom. The van der Waals surface area contributed by atoms with Crippen molar-refractivity contribution in [3.05, 3.63) is 71.8 Å². The van der Waals surface area contributed by atoms with Crippen molar-refractivity contribution >= 4 is 11.7 Å². The van der Waals surface area contributed by atoms with Gasteiger partial charge in [0.05, 0.1) is 0 Å². The van der Waals surface area contributed by atoms with Crippen LogP contribution >= 0.6 is 0 Å². The summed E-state index contributed by atoms with van der Waals surface area (Å²) in [6.45, 7) is 0. The molecule has 2 aromatic carbocycles. The van der Waals surface area contributed by atoms with Crippen molar-refractivity contribution in [3.8, 4) is 0 Å². The van der Waals surface area contributed by atoms with Gasteiger partial charge in [0.1, 0.15) is 17.1 Å². The van der Waals surface area contributed by atoms with Crippen molar-refractivity contribution in [1.82, 2.24) is 0 Å². The lowest BCUT2D eigenvalue weighted by atomic mass is 9.72. The molecule has 0 aliphatic rings. The molecule has 4 nitrogen and oxygen atoms in total. The van der Waals surface area contributed by atoms with E-state index in [-0.39, 0.29) is 11.7 Å². The van der Waals surface area contributed by atoms with Gasteiger partial charge in [-0.1, -0.05) is 60.7 Å². The van der Waals surface area contributed by atoms with Gasteiger partial charge in [0.25, 0.3) is 0 Å². The number of rotatable bonds is 4. The molecule has 19 heavy (non-hydrogen) atoms. The van der Waals surface area contributed by atoms with Crippen LogP contribution in [0.4, 0.5) is 0 Å². The van der Waals surface area contributed by atoms with Gasteiger partial charge in [0.15, 0.2) is 0 Å². The molecule has 0 bridgehead atoms. The number of hydrogen-bond donors (Lipinski definition) is 4. The smallest absolute Gasteiger partial charge is 0.133 e. The zero-order chi connectivity index (χ0) is 13.9. The molecule has 0 unspecified atom stereocenters. The molecule has 0 amide bonds. The Morgan fingerprint density at radius 1 is 0.684 bits per heavy atom. The van der Waals surface area contributed by atoms with Gasteiger partial charge in [-0.2, -0.15) is 0 Å². The standard InChI is InChI=1S/C15H16N4/c16-13(17)15(14(18)19,11-7-3-1-4-8-11)12-9-5-2-6-10-12/h1-10H,(H3,16,17)(H3,18,19). The second-order valence-corrected chi connectivity index (χ2v) is 4.31. The van der Waals surface area contributed by atoms with E-state index >= 15 is 0 Å². The number of nitrogens with two attached hydrogens (primary N) is 2. The van der Waals surface area contributed by atoms with Crippen molar-refractivity contribution in [1.29, 1.82) is 10.8 Å². The summed E-state index contributed by atoms with van der Waals surface area (Å²) in [6.07, 6.45) is 0. The quantitative estimate of drug-likeness (QED) is 0.493. The maximum absolute atomic E-state index is 7.96. The van der Waals surface area contributed by atoms with Crippen molar-refractivity contribution < 1.29 is 0 Å². The van der Waals surface area contributed by atoms with E-state index in [0.717, 1.165) is 11.1 Å². The molecule has 0 fully saturated rings. The molecule has 0 spiro atoms. The van der Waals surface area contributed by atoms with E-state index in [1.807, 2.05) is 60.7 Å². The van der Waals surface area contributed by atoms with Crippen LogP contribution in [0.15, 0.2) is 60.7 Å². The highest BCUT2D eigenvalue weighted by atomic mass is 14.8.